The van der Waals surface area contributed by atoms with E-state index in [-0.39, 0.29) is 0 Å². The molecule has 0 fully saturated rings. The molecule has 0 amide bonds. The maximum atomic E-state index is 2.30. The average molecular weight is 283 g/mol. The summed E-state index contributed by atoms with van der Waals surface area (Å²) in [5.74, 6) is 0. The molecule has 0 spiro atoms. The first-order chi connectivity index (χ1) is 10.8. The number of nitrogens with zero attached hydrogens (tertiary/aromatic N) is 1. The van der Waals surface area contributed by atoms with Gasteiger partial charge in [-0.3, -0.25) is 0 Å². The lowest BCUT2D eigenvalue weighted by molar-refractivity contribution is 1.20. The Balaban J connectivity index is 2.04. The van der Waals surface area contributed by atoms with Crippen molar-refractivity contribution >= 4 is 23.0 Å². The summed E-state index contributed by atoms with van der Waals surface area (Å²) in [6.07, 6.45) is 2.30. The molecule has 0 aliphatic carbocycles. The fraction of sp³-hybridized carbons (Fsp3) is 0.0476. The van der Waals surface area contributed by atoms with Crippen molar-refractivity contribution in [1.82, 2.24) is 0 Å². The summed E-state index contributed by atoms with van der Waals surface area (Å²) < 4.78 is 0. The van der Waals surface area contributed by atoms with Gasteiger partial charge < -0.3 is 4.90 Å². The summed E-state index contributed by atoms with van der Waals surface area (Å²) in [7, 11) is 2.14. The third-order valence-corrected chi connectivity index (χ3v) is 4.24. The lowest BCUT2D eigenvalue weighted by atomic mass is 9.95. The number of hydrogen-bond acceptors (Lipinski definition) is 1. The van der Waals surface area contributed by atoms with Crippen LogP contribution in [-0.2, 0) is 0 Å². The minimum absolute atomic E-state index is 1.24. The van der Waals surface area contributed by atoms with Crippen molar-refractivity contribution in [3.8, 4) is 0 Å². The van der Waals surface area contributed by atoms with Crippen LogP contribution in [0.2, 0.25) is 0 Å². The molecule has 3 aromatic rings. The zero-order valence-electron chi connectivity index (χ0n) is 12.5. The normalized spacial score (nSPS) is 13.0. The Morgan fingerprint density at radius 1 is 0.636 bits per heavy atom. The molecule has 0 atom stereocenters. The summed E-state index contributed by atoms with van der Waals surface area (Å²) in [6.45, 7) is 0. The second-order valence-electron chi connectivity index (χ2n) is 5.56. The average Bonchev–Trinajstić information content (AvgIpc) is 2.72. The van der Waals surface area contributed by atoms with Gasteiger partial charge in [-0.05, 0) is 34.9 Å². The van der Waals surface area contributed by atoms with Gasteiger partial charge in [-0.25, -0.2) is 0 Å². The highest BCUT2D eigenvalue weighted by molar-refractivity contribution is 6.00. The smallest absolute Gasteiger partial charge is 0.0488 e. The van der Waals surface area contributed by atoms with Gasteiger partial charge in [-0.1, -0.05) is 66.7 Å². The van der Waals surface area contributed by atoms with Crippen molar-refractivity contribution in [2.45, 2.75) is 0 Å². The van der Waals surface area contributed by atoms with E-state index in [9.17, 15) is 0 Å². The van der Waals surface area contributed by atoms with E-state index in [1.54, 1.807) is 0 Å². The predicted molar refractivity (Wildman–Crippen MR) is 94.4 cm³/mol. The fourth-order valence-corrected chi connectivity index (χ4v) is 3.13. The highest BCUT2D eigenvalue weighted by Gasteiger charge is 2.19. The summed E-state index contributed by atoms with van der Waals surface area (Å²) in [5, 5.41) is 0. The molecular weight excluding hydrogens is 266 g/mol. The van der Waals surface area contributed by atoms with Crippen LogP contribution in [0.1, 0.15) is 16.7 Å². The molecule has 0 unspecified atom stereocenters. The summed E-state index contributed by atoms with van der Waals surface area (Å²) in [5.41, 5.74) is 7.52. The Morgan fingerprint density at radius 3 is 2.09 bits per heavy atom. The molecule has 106 valence electrons. The van der Waals surface area contributed by atoms with Crippen LogP contribution in [0.15, 0.2) is 78.9 Å². The third-order valence-electron chi connectivity index (χ3n) is 4.24. The van der Waals surface area contributed by atoms with Crippen molar-refractivity contribution in [3.05, 3.63) is 95.6 Å². The SMILES string of the molecule is CN1c2ccccc2C=C(c2ccccc2)c2ccccc21. The molecule has 0 radical (unpaired) electrons. The van der Waals surface area contributed by atoms with Crippen molar-refractivity contribution in [2.24, 2.45) is 0 Å². The molecule has 0 N–H and O–H groups in total. The Bertz CT molecular complexity index is 847. The number of hydrogen-bond donors (Lipinski definition) is 0. The first-order valence-corrected chi connectivity index (χ1v) is 7.54. The van der Waals surface area contributed by atoms with E-state index >= 15 is 0 Å². The first-order valence-electron chi connectivity index (χ1n) is 7.54. The number of para-hydroxylation sites is 2. The molecule has 4 rings (SSSR count). The lowest BCUT2D eigenvalue weighted by Crippen LogP contribution is -2.11. The third kappa shape index (κ3) is 2.03. The van der Waals surface area contributed by atoms with Crippen LogP contribution in [0.25, 0.3) is 11.6 Å². The minimum atomic E-state index is 1.24. The zero-order valence-corrected chi connectivity index (χ0v) is 12.5. The number of benzene rings is 3. The molecule has 0 saturated heterocycles. The number of rotatable bonds is 1. The van der Waals surface area contributed by atoms with Gasteiger partial charge in [-0.2, -0.15) is 0 Å². The second kappa shape index (κ2) is 5.19. The van der Waals surface area contributed by atoms with Crippen LogP contribution in [0.4, 0.5) is 11.4 Å². The van der Waals surface area contributed by atoms with Crippen molar-refractivity contribution in [3.63, 3.8) is 0 Å². The van der Waals surface area contributed by atoms with Crippen LogP contribution < -0.4 is 4.90 Å². The predicted octanol–water partition coefficient (Wildman–Crippen LogP) is 5.36. The second-order valence-corrected chi connectivity index (χ2v) is 5.56. The van der Waals surface area contributed by atoms with Gasteiger partial charge in [0.15, 0.2) is 0 Å². The molecule has 0 bridgehead atoms. The van der Waals surface area contributed by atoms with Gasteiger partial charge in [0.2, 0.25) is 0 Å². The van der Waals surface area contributed by atoms with Crippen molar-refractivity contribution in [1.29, 1.82) is 0 Å². The molecule has 22 heavy (non-hydrogen) atoms. The van der Waals surface area contributed by atoms with Crippen molar-refractivity contribution < 1.29 is 0 Å². The van der Waals surface area contributed by atoms with E-state index in [1.165, 1.54) is 33.6 Å². The van der Waals surface area contributed by atoms with E-state index in [0.717, 1.165) is 0 Å². The van der Waals surface area contributed by atoms with Crippen LogP contribution in [0.3, 0.4) is 0 Å². The van der Waals surface area contributed by atoms with E-state index in [1.807, 2.05) is 0 Å². The topological polar surface area (TPSA) is 3.24 Å². The quantitative estimate of drug-likeness (QED) is 0.581. The van der Waals surface area contributed by atoms with Gasteiger partial charge in [-0.15, -0.1) is 0 Å². The monoisotopic (exact) mass is 283 g/mol. The molecule has 1 heteroatoms. The molecule has 1 aliphatic heterocycles. The summed E-state index contributed by atoms with van der Waals surface area (Å²) in [4.78, 5) is 2.27. The summed E-state index contributed by atoms with van der Waals surface area (Å²) >= 11 is 0. The molecule has 3 aromatic carbocycles. The summed E-state index contributed by atoms with van der Waals surface area (Å²) in [6, 6.07) is 27.8. The largest absolute Gasteiger partial charge is 0.344 e. The van der Waals surface area contributed by atoms with Gasteiger partial charge in [0, 0.05) is 24.0 Å². The maximum absolute atomic E-state index is 2.30. The van der Waals surface area contributed by atoms with Gasteiger partial charge >= 0.3 is 0 Å². The van der Waals surface area contributed by atoms with E-state index < -0.39 is 0 Å². The van der Waals surface area contributed by atoms with Gasteiger partial charge in [0.1, 0.15) is 0 Å². The van der Waals surface area contributed by atoms with Gasteiger partial charge in [0.05, 0.1) is 0 Å². The highest BCUT2D eigenvalue weighted by atomic mass is 15.1. The highest BCUT2D eigenvalue weighted by Crippen LogP contribution is 2.40. The Hall–Kier alpha value is -2.80. The number of anilines is 2. The molecule has 0 saturated carbocycles. The molecule has 1 heterocycles. The standard InChI is InChI=1S/C21H17N/c1-22-20-13-7-5-11-17(20)15-19(16-9-3-2-4-10-16)18-12-6-8-14-21(18)22/h2-15H,1H3. The van der Waals surface area contributed by atoms with E-state index in [2.05, 4.69) is 96.9 Å². The van der Waals surface area contributed by atoms with Crippen LogP contribution in [0.5, 0.6) is 0 Å². The van der Waals surface area contributed by atoms with E-state index in [4.69, 9.17) is 0 Å². The minimum Gasteiger partial charge on any atom is -0.344 e. The Labute approximate surface area is 131 Å². The lowest BCUT2D eigenvalue weighted by Gasteiger charge is -2.22. The van der Waals surface area contributed by atoms with Gasteiger partial charge in [0.25, 0.3) is 0 Å². The first kappa shape index (κ1) is 12.9. The fourth-order valence-electron chi connectivity index (χ4n) is 3.13. The molecule has 1 aliphatic rings. The van der Waals surface area contributed by atoms with Crippen molar-refractivity contribution in [2.75, 3.05) is 11.9 Å². The van der Waals surface area contributed by atoms with Crippen LogP contribution in [0, 0.1) is 0 Å². The number of fused-ring (bicyclic) bond motifs is 2. The Kier molecular flexibility index (Phi) is 3.05. The molecular formula is C21H17N. The molecule has 0 aromatic heterocycles. The molecule has 1 nitrogen and oxygen atoms in total. The van der Waals surface area contributed by atoms with Crippen LogP contribution >= 0.6 is 0 Å². The van der Waals surface area contributed by atoms with E-state index in [0.29, 0.717) is 0 Å². The maximum Gasteiger partial charge on any atom is 0.0488 e. The van der Waals surface area contributed by atoms with Crippen LogP contribution in [-0.4, -0.2) is 7.05 Å². The zero-order chi connectivity index (χ0) is 14.9. The Morgan fingerprint density at radius 2 is 1.27 bits per heavy atom.